The maximum absolute atomic E-state index is 12.3. The normalized spacial score (nSPS) is 14.7. The topological polar surface area (TPSA) is 68.5 Å². The molecule has 1 aliphatic rings. The average molecular weight is 351 g/mol. The molecule has 2 aromatic carbocycles. The van der Waals surface area contributed by atoms with E-state index in [1.54, 1.807) is 4.90 Å². The second-order valence-electron chi connectivity index (χ2n) is 6.94. The highest BCUT2D eigenvalue weighted by Gasteiger charge is 2.35. The Hall–Kier alpha value is -2.89. The molecule has 1 fully saturated rings. The first kappa shape index (κ1) is 16.6. The Morgan fingerprint density at radius 1 is 1.23 bits per heavy atom. The molecule has 0 aliphatic carbocycles. The van der Waals surface area contributed by atoms with Crippen molar-refractivity contribution in [1.29, 1.82) is 0 Å². The van der Waals surface area contributed by atoms with Crippen LogP contribution in [-0.4, -0.2) is 40.6 Å². The van der Waals surface area contributed by atoms with Crippen LogP contribution in [0.4, 0.5) is 0 Å². The monoisotopic (exact) mass is 351 g/mol. The molecular weight excluding hydrogens is 330 g/mol. The van der Waals surface area contributed by atoms with E-state index in [0.29, 0.717) is 30.6 Å². The van der Waals surface area contributed by atoms with Gasteiger partial charge in [-0.1, -0.05) is 49.3 Å². The summed E-state index contributed by atoms with van der Waals surface area (Å²) in [6, 6.07) is 13.9. The van der Waals surface area contributed by atoms with Crippen molar-refractivity contribution in [3.8, 4) is 5.75 Å². The van der Waals surface area contributed by atoms with Crippen LogP contribution in [-0.2, 0) is 4.79 Å². The second kappa shape index (κ2) is 6.78. The predicted molar refractivity (Wildman–Crippen MR) is 97.2 cm³/mol. The molecule has 1 saturated heterocycles. The maximum atomic E-state index is 12.3. The van der Waals surface area contributed by atoms with Crippen molar-refractivity contribution in [2.45, 2.75) is 25.7 Å². The molecule has 0 saturated carbocycles. The fourth-order valence-electron chi connectivity index (χ4n) is 2.98. The standard InChI is InChI=1S/C20H21N3O3/c1-13(2)19-21-20(26-22-19)16-10-23(11-16)18(24)12-25-17-8-7-14-5-3-4-6-15(14)9-17/h3-9,13,16H,10-12H2,1-2H3. The van der Waals surface area contributed by atoms with Gasteiger partial charge in [0.2, 0.25) is 5.89 Å². The lowest BCUT2D eigenvalue weighted by molar-refractivity contribution is -0.138. The van der Waals surface area contributed by atoms with Crippen LogP contribution in [0.3, 0.4) is 0 Å². The van der Waals surface area contributed by atoms with E-state index in [1.807, 2.05) is 56.3 Å². The smallest absolute Gasteiger partial charge is 0.260 e. The van der Waals surface area contributed by atoms with Gasteiger partial charge in [-0.05, 0) is 22.9 Å². The van der Waals surface area contributed by atoms with Gasteiger partial charge in [0.15, 0.2) is 12.4 Å². The van der Waals surface area contributed by atoms with Gasteiger partial charge in [-0.2, -0.15) is 4.98 Å². The van der Waals surface area contributed by atoms with Crippen LogP contribution in [0, 0.1) is 0 Å². The van der Waals surface area contributed by atoms with Gasteiger partial charge in [0.1, 0.15) is 5.75 Å². The van der Waals surface area contributed by atoms with E-state index < -0.39 is 0 Å². The molecule has 0 bridgehead atoms. The number of fused-ring (bicyclic) bond motifs is 1. The molecule has 2 heterocycles. The number of benzene rings is 2. The Morgan fingerprint density at radius 3 is 2.73 bits per heavy atom. The van der Waals surface area contributed by atoms with E-state index in [1.165, 1.54) is 0 Å². The van der Waals surface area contributed by atoms with Gasteiger partial charge in [-0.25, -0.2) is 0 Å². The van der Waals surface area contributed by atoms with E-state index >= 15 is 0 Å². The molecule has 0 unspecified atom stereocenters. The van der Waals surface area contributed by atoms with E-state index in [4.69, 9.17) is 9.26 Å². The minimum atomic E-state index is -0.0296. The van der Waals surface area contributed by atoms with E-state index in [2.05, 4.69) is 10.1 Å². The van der Waals surface area contributed by atoms with Gasteiger partial charge in [0, 0.05) is 19.0 Å². The highest BCUT2D eigenvalue weighted by Crippen LogP contribution is 2.27. The van der Waals surface area contributed by atoms with Crippen molar-refractivity contribution >= 4 is 16.7 Å². The molecule has 1 aromatic heterocycles. The van der Waals surface area contributed by atoms with Crippen molar-refractivity contribution in [3.63, 3.8) is 0 Å². The summed E-state index contributed by atoms with van der Waals surface area (Å²) >= 11 is 0. The van der Waals surface area contributed by atoms with Crippen LogP contribution < -0.4 is 4.74 Å². The molecule has 3 aromatic rings. The number of aromatic nitrogens is 2. The largest absolute Gasteiger partial charge is 0.484 e. The minimum absolute atomic E-state index is 0.0296. The van der Waals surface area contributed by atoms with Gasteiger partial charge in [-0.3, -0.25) is 4.79 Å². The van der Waals surface area contributed by atoms with Crippen molar-refractivity contribution in [2.75, 3.05) is 19.7 Å². The van der Waals surface area contributed by atoms with Gasteiger partial charge < -0.3 is 14.2 Å². The summed E-state index contributed by atoms with van der Waals surface area (Å²) in [5, 5.41) is 6.22. The zero-order valence-electron chi connectivity index (χ0n) is 14.9. The molecule has 0 spiro atoms. The first-order valence-electron chi connectivity index (χ1n) is 8.83. The molecule has 4 rings (SSSR count). The van der Waals surface area contributed by atoms with Crippen LogP contribution in [0.1, 0.15) is 37.4 Å². The number of nitrogens with zero attached hydrogens (tertiary/aromatic N) is 3. The van der Waals surface area contributed by atoms with E-state index in [9.17, 15) is 4.79 Å². The molecule has 26 heavy (non-hydrogen) atoms. The third-order valence-electron chi connectivity index (χ3n) is 4.64. The summed E-state index contributed by atoms with van der Waals surface area (Å²) in [5.74, 6) is 2.36. The Bertz CT molecular complexity index is 929. The summed E-state index contributed by atoms with van der Waals surface area (Å²) in [6.07, 6.45) is 0. The van der Waals surface area contributed by atoms with E-state index in [0.717, 1.165) is 10.8 Å². The SMILES string of the molecule is CC(C)c1noc(C2CN(C(=O)COc3ccc4ccccc4c3)C2)n1. The molecule has 1 aliphatic heterocycles. The quantitative estimate of drug-likeness (QED) is 0.705. The van der Waals surface area contributed by atoms with Crippen molar-refractivity contribution in [1.82, 2.24) is 15.0 Å². The molecule has 6 nitrogen and oxygen atoms in total. The fourth-order valence-corrected chi connectivity index (χ4v) is 2.98. The molecule has 6 heteroatoms. The third-order valence-corrected chi connectivity index (χ3v) is 4.64. The molecule has 1 amide bonds. The Morgan fingerprint density at radius 2 is 2.00 bits per heavy atom. The zero-order valence-corrected chi connectivity index (χ0v) is 14.9. The molecule has 0 N–H and O–H groups in total. The van der Waals surface area contributed by atoms with Crippen LogP contribution in [0.15, 0.2) is 47.0 Å². The summed E-state index contributed by atoms with van der Waals surface area (Å²) in [4.78, 5) is 18.4. The summed E-state index contributed by atoms with van der Waals surface area (Å²) in [6.45, 7) is 5.27. The Kier molecular flexibility index (Phi) is 4.32. The molecule has 134 valence electrons. The maximum Gasteiger partial charge on any atom is 0.260 e. The number of hydrogen-bond donors (Lipinski definition) is 0. The third kappa shape index (κ3) is 3.27. The number of carbonyl (C=O) groups excluding carboxylic acids is 1. The number of rotatable bonds is 5. The van der Waals surface area contributed by atoms with Crippen molar-refractivity contribution in [3.05, 3.63) is 54.2 Å². The highest BCUT2D eigenvalue weighted by molar-refractivity contribution is 5.84. The van der Waals surface area contributed by atoms with E-state index in [-0.39, 0.29) is 24.3 Å². The minimum Gasteiger partial charge on any atom is -0.484 e. The predicted octanol–water partition coefficient (Wildman–Crippen LogP) is 3.35. The zero-order chi connectivity index (χ0) is 18.1. The number of ether oxygens (including phenoxy) is 1. The van der Waals surface area contributed by atoms with Crippen LogP contribution >= 0.6 is 0 Å². The average Bonchev–Trinajstić information content (AvgIpc) is 3.08. The molecular formula is C20H21N3O3. The lowest BCUT2D eigenvalue weighted by Gasteiger charge is -2.36. The second-order valence-corrected chi connectivity index (χ2v) is 6.94. The number of carbonyl (C=O) groups is 1. The highest BCUT2D eigenvalue weighted by atomic mass is 16.5. The first-order valence-corrected chi connectivity index (χ1v) is 8.83. The lowest BCUT2D eigenvalue weighted by atomic mass is 10.00. The molecule has 0 atom stereocenters. The number of likely N-dealkylation sites (tertiary alicyclic amines) is 1. The van der Waals surface area contributed by atoms with Crippen molar-refractivity contribution < 1.29 is 14.1 Å². The van der Waals surface area contributed by atoms with Gasteiger partial charge >= 0.3 is 0 Å². The van der Waals surface area contributed by atoms with Crippen LogP contribution in [0.5, 0.6) is 5.75 Å². The lowest BCUT2D eigenvalue weighted by Crippen LogP contribution is -2.50. The van der Waals surface area contributed by atoms with Crippen LogP contribution in [0.25, 0.3) is 10.8 Å². The van der Waals surface area contributed by atoms with Crippen LogP contribution in [0.2, 0.25) is 0 Å². The number of amides is 1. The number of hydrogen-bond acceptors (Lipinski definition) is 5. The summed E-state index contributed by atoms with van der Waals surface area (Å²) in [7, 11) is 0. The van der Waals surface area contributed by atoms with Gasteiger partial charge in [0.25, 0.3) is 5.91 Å². The van der Waals surface area contributed by atoms with Gasteiger partial charge in [0.05, 0.1) is 5.92 Å². The Balaban J connectivity index is 1.30. The fraction of sp³-hybridized carbons (Fsp3) is 0.350. The Labute approximate surface area is 151 Å². The molecule has 0 radical (unpaired) electrons. The summed E-state index contributed by atoms with van der Waals surface area (Å²) in [5.41, 5.74) is 0. The van der Waals surface area contributed by atoms with Crippen molar-refractivity contribution in [2.24, 2.45) is 0 Å². The van der Waals surface area contributed by atoms with Gasteiger partial charge in [-0.15, -0.1) is 0 Å². The first-order chi connectivity index (χ1) is 12.6. The summed E-state index contributed by atoms with van der Waals surface area (Å²) < 4.78 is 11.0.